The number of rotatable bonds is 4. The van der Waals surface area contributed by atoms with E-state index < -0.39 is 0 Å². The van der Waals surface area contributed by atoms with Gasteiger partial charge in [0.1, 0.15) is 5.82 Å². The molecule has 0 amide bonds. The van der Waals surface area contributed by atoms with Gasteiger partial charge in [0.15, 0.2) is 5.65 Å². The lowest BCUT2D eigenvalue weighted by Gasteiger charge is -2.21. The van der Waals surface area contributed by atoms with Crippen molar-refractivity contribution in [3.05, 3.63) is 23.0 Å². The van der Waals surface area contributed by atoms with Crippen molar-refractivity contribution in [1.82, 2.24) is 14.6 Å². The number of hydrogen-bond acceptors (Lipinski definition) is 4. The number of aliphatic hydroxyl groups is 1. The van der Waals surface area contributed by atoms with E-state index in [0.29, 0.717) is 12.0 Å². The SMILES string of the molecule is CCc1cc(N[C@@H]2CCC[C@@H]2CO)n2nc(C)c(C)c2n1. The molecule has 2 heterocycles. The summed E-state index contributed by atoms with van der Waals surface area (Å²) < 4.78 is 1.91. The van der Waals surface area contributed by atoms with E-state index in [1.54, 1.807) is 0 Å². The summed E-state index contributed by atoms with van der Waals surface area (Å²) in [6.45, 7) is 6.46. The summed E-state index contributed by atoms with van der Waals surface area (Å²) in [4.78, 5) is 4.70. The Labute approximate surface area is 125 Å². The fourth-order valence-corrected chi connectivity index (χ4v) is 3.20. The molecule has 5 heteroatoms. The number of anilines is 1. The van der Waals surface area contributed by atoms with Crippen LogP contribution in [0.15, 0.2) is 6.07 Å². The van der Waals surface area contributed by atoms with Crippen LogP contribution in [0.2, 0.25) is 0 Å². The van der Waals surface area contributed by atoms with Gasteiger partial charge in [0.05, 0.1) is 5.69 Å². The average Bonchev–Trinajstić information content (AvgIpc) is 3.05. The molecule has 0 bridgehead atoms. The summed E-state index contributed by atoms with van der Waals surface area (Å²) >= 11 is 0. The van der Waals surface area contributed by atoms with Crippen molar-refractivity contribution in [2.75, 3.05) is 11.9 Å². The molecule has 3 rings (SSSR count). The van der Waals surface area contributed by atoms with E-state index in [-0.39, 0.29) is 6.61 Å². The number of aryl methyl sites for hydroxylation is 3. The standard InChI is InChI=1S/C16H24N4O/c1-4-13-8-15(18-14-7-5-6-12(14)9-21)20-16(17-13)10(2)11(3)19-20/h8,12,14,18,21H,4-7,9H2,1-3H3/t12-,14-/m1/s1. The van der Waals surface area contributed by atoms with Crippen molar-refractivity contribution < 1.29 is 5.11 Å². The highest BCUT2D eigenvalue weighted by Gasteiger charge is 2.27. The van der Waals surface area contributed by atoms with Gasteiger partial charge in [-0.2, -0.15) is 9.61 Å². The average molecular weight is 288 g/mol. The van der Waals surface area contributed by atoms with E-state index in [0.717, 1.165) is 47.7 Å². The van der Waals surface area contributed by atoms with Crippen LogP contribution in [0.4, 0.5) is 5.82 Å². The third-order valence-electron chi connectivity index (χ3n) is 4.70. The topological polar surface area (TPSA) is 62.5 Å². The Bertz CT molecular complexity index is 649. The van der Waals surface area contributed by atoms with Gasteiger partial charge in [-0.05, 0) is 33.1 Å². The van der Waals surface area contributed by atoms with Gasteiger partial charge in [0.2, 0.25) is 0 Å². The van der Waals surface area contributed by atoms with Gasteiger partial charge in [0, 0.05) is 35.9 Å². The lowest BCUT2D eigenvalue weighted by Crippen LogP contribution is -2.27. The predicted molar refractivity (Wildman–Crippen MR) is 83.7 cm³/mol. The van der Waals surface area contributed by atoms with Crippen LogP contribution in [0.25, 0.3) is 5.65 Å². The van der Waals surface area contributed by atoms with Gasteiger partial charge in [-0.15, -0.1) is 0 Å². The highest BCUT2D eigenvalue weighted by molar-refractivity contribution is 5.56. The largest absolute Gasteiger partial charge is 0.396 e. The normalized spacial score (nSPS) is 22.1. The minimum absolute atomic E-state index is 0.254. The second-order valence-corrected chi connectivity index (χ2v) is 6.06. The number of nitrogens with zero attached hydrogens (tertiary/aromatic N) is 3. The molecule has 2 aromatic rings. The zero-order chi connectivity index (χ0) is 15.0. The maximum Gasteiger partial charge on any atom is 0.160 e. The number of fused-ring (bicyclic) bond motifs is 1. The summed E-state index contributed by atoms with van der Waals surface area (Å²) in [5, 5.41) is 17.7. The first kappa shape index (κ1) is 14.3. The minimum Gasteiger partial charge on any atom is -0.396 e. The number of aliphatic hydroxyl groups excluding tert-OH is 1. The van der Waals surface area contributed by atoms with E-state index in [1.807, 2.05) is 11.4 Å². The van der Waals surface area contributed by atoms with Crippen LogP contribution < -0.4 is 5.32 Å². The Hall–Kier alpha value is -1.62. The summed E-state index contributed by atoms with van der Waals surface area (Å²) in [6, 6.07) is 2.42. The Morgan fingerprint density at radius 3 is 2.90 bits per heavy atom. The highest BCUT2D eigenvalue weighted by atomic mass is 16.3. The fourth-order valence-electron chi connectivity index (χ4n) is 3.20. The van der Waals surface area contributed by atoms with Crippen molar-refractivity contribution in [2.45, 2.75) is 52.5 Å². The second-order valence-electron chi connectivity index (χ2n) is 6.06. The van der Waals surface area contributed by atoms with Crippen molar-refractivity contribution >= 4 is 11.5 Å². The molecule has 21 heavy (non-hydrogen) atoms. The highest BCUT2D eigenvalue weighted by Crippen LogP contribution is 2.29. The van der Waals surface area contributed by atoms with E-state index >= 15 is 0 Å². The molecule has 1 aliphatic rings. The van der Waals surface area contributed by atoms with E-state index in [2.05, 4.69) is 30.3 Å². The maximum absolute atomic E-state index is 9.50. The van der Waals surface area contributed by atoms with Gasteiger partial charge in [-0.3, -0.25) is 0 Å². The van der Waals surface area contributed by atoms with Crippen molar-refractivity contribution in [2.24, 2.45) is 5.92 Å². The smallest absolute Gasteiger partial charge is 0.160 e. The molecule has 0 aliphatic heterocycles. The van der Waals surface area contributed by atoms with Crippen LogP contribution in [0.5, 0.6) is 0 Å². The monoisotopic (exact) mass is 288 g/mol. The molecule has 0 saturated heterocycles. The van der Waals surface area contributed by atoms with E-state index in [9.17, 15) is 5.11 Å². The van der Waals surface area contributed by atoms with Crippen LogP contribution in [-0.4, -0.2) is 32.4 Å². The zero-order valence-corrected chi connectivity index (χ0v) is 13.1. The first-order chi connectivity index (χ1) is 10.1. The van der Waals surface area contributed by atoms with E-state index in [1.165, 1.54) is 6.42 Å². The third kappa shape index (κ3) is 2.50. The summed E-state index contributed by atoms with van der Waals surface area (Å²) in [7, 11) is 0. The minimum atomic E-state index is 0.254. The second kappa shape index (κ2) is 5.64. The first-order valence-corrected chi connectivity index (χ1v) is 7.87. The Morgan fingerprint density at radius 1 is 1.38 bits per heavy atom. The Morgan fingerprint density at radius 2 is 2.19 bits per heavy atom. The van der Waals surface area contributed by atoms with Crippen LogP contribution >= 0.6 is 0 Å². The van der Waals surface area contributed by atoms with Crippen LogP contribution in [0.3, 0.4) is 0 Å². The Kier molecular flexibility index (Phi) is 3.85. The number of nitrogens with one attached hydrogen (secondary N) is 1. The summed E-state index contributed by atoms with van der Waals surface area (Å²) in [6.07, 6.45) is 4.29. The fraction of sp³-hybridized carbons (Fsp3) is 0.625. The van der Waals surface area contributed by atoms with Gasteiger partial charge >= 0.3 is 0 Å². The number of aromatic nitrogens is 3. The van der Waals surface area contributed by atoms with Crippen LogP contribution in [0, 0.1) is 19.8 Å². The molecule has 0 aromatic carbocycles. The Balaban J connectivity index is 2.02. The summed E-state index contributed by atoms with van der Waals surface area (Å²) in [5.41, 5.74) is 4.17. The molecule has 5 nitrogen and oxygen atoms in total. The molecule has 2 atom stereocenters. The van der Waals surface area contributed by atoms with Crippen molar-refractivity contribution in [3.8, 4) is 0 Å². The zero-order valence-electron chi connectivity index (χ0n) is 13.1. The molecule has 0 spiro atoms. The van der Waals surface area contributed by atoms with Gasteiger partial charge in [-0.1, -0.05) is 13.3 Å². The lowest BCUT2D eigenvalue weighted by molar-refractivity contribution is 0.222. The molecule has 0 unspecified atom stereocenters. The maximum atomic E-state index is 9.50. The molecular weight excluding hydrogens is 264 g/mol. The lowest BCUT2D eigenvalue weighted by atomic mass is 10.1. The molecule has 1 fully saturated rings. The molecule has 1 aliphatic carbocycles. The predicted octanol–water partition coefficient (Wildman–Crippen LogP) is 2.48. The summed E-state index contributed by atoms with van der Waals surface area (Å²) in [5.74, 6) is 1.34. The van der Waals surface area contributed by atoms with Crippen LogP contribution in [-0.2, 0) is 6.42 Å². The van der Waals surface area contributed by atoms with Gasteiger partial charge in [0.25, 0.3) is 0 Å². The van der Waals surface area contributed by atoms with Crippen LogP contribution in [0.1, 0.15) is 43.1 Å². The third-order valence-corrected chi connectivity index (χ3v) is 4.70. The van der Waals surface area contributed by atoms with Gasteiger partial charge in [-0.25, -0.2) is 4.98 Å². The van der Waals surface area contributed by atoms with Crippen molar-refractivity contribution in [3.63, 3.8) is 0 Å². The molecular formula is C16H24N4O. The van der Waals surface area contributed by atoms with Gasteiger partial charge < -0.3 is 10.4 Å². The van der Waals surface area contributed by atoms with Crippen molar-refractivity contribution in [1.29, 1.82) is 0 Å². The number of hydrogen-bond donors (Lipinski definition) is 2. The van der Waals surface area contributed by atoms with E-state index in [4.69, 9.17) is 4.98 Å². The molecule has 114 valence electrons. The quantitative estimate of drug-likeness (QED) is 0.907. The molecule has 2 N–H and O–H groups in total. The molecule has 2 aromatic heterocycles. The molecule has 0 radical (unpaired) electrons. The first-order valence-electron chi connectivity index (χ1n) is 7.87. The molecule has 1 saturated carbocycles.